The number of rotatable bonds is 8. The van der Waals surface area contributed by atoms with Crippen molar-refractivity contribution in [2.45, 2.75) is 31.8 Å². The normalized spacial score (nSPS) is 13.1. The number of amides is 1. The Morgan fingerprint density at radius 3 is 2.33 bits per heavy atom. The molecule has 0 heterocycles. The molecule has 0 saturated carbocycles. The van der Waals surface area contributed by atoms with Gasteiger partial charge in [0.2, 0.25) is 5.91 Å². The van der Waals surface area contributed by atoms with E-state index in [1.54, 1.807) is 0 Å². The zero-order valence-electron chi connectivity index (χ0n) is 13.9. The maximum Gasteiger partial charge on any atom is 0.237 e. The summed E-state index contributed by atoms with van der Waals surface area (Å²) < 4.78 is 5.76. The van der Waals surface area contributed by atoms with Crippen LogP contribution in [0.3, 0.4) is 0 Å². The maximum atomic E-state index is 12.0. The summed E-state index contributed by atoms with van der Waals surface area (Å²) in [6.45, 7) is 2.47. The topological polar surface area (TPSA) is 90.4 Å². The summed E-state index contributed by atoms with van der Waals surface area (Å²) in [7, 11) is 0. The summed E-state index contributed by atoms with van der Waals surface area (Å²) in [6, 6.07) is 16.6. The van der Waals surface area contributed by atoms with Crippen molar-refractivity contribution in [3.05, 3.63) is 60.2 Å². The average molecular weight is 327 g/mol. The van der Waals surface area contributed by atoms with Crippen LogP contribution in [-0.4, -0.2) is 18.5 Å². The van der Waals surface area contributed by atoms with Gasteiger partial charge in [0.05, 0.1) is 12.1 Å². The van der Waals surface area contributed by atoms with Gasteiger partial charge in [-0.1, -0.05) is 30.3 Å². The highest BCUT2D eigenvalue weighted by molar-refractivity contribution is 5.81. The molecule has 2 aromatic rings. The molecule has 1 amide bonds. The second kappa shape index (κ2) is 9.05. The Morgan fingerprint density at radius 2 is 1.71 bits per heavy atom. The van der Waals surface area contributed by atoms with Gasteiger partial charge in [-0.15, -0.1) is 0 Å². The van der Waals surface area contributed by atoms with Gasteiger partial charge >= 0.3 is 0 Å². The van der Waals surface area contributed by atoms with E-state index in [0.29, 0.717) is 13.0 Å². The Hall–Kier alpha value is -2.37. The standard InChI is InChI=1S/C19H25N3O2/c1-14(22-19(23)18(21)8-5-13-20)15-9-11-17(12-10-15)24-16-6-3-2-4-7-16/h2-4,6-7,9-12,14,18H,5,8,13,20-21H2,1H3,(H,22,23)/t14?,18-/m1/s1. The third kappa shape index (κ3) is 5.37. The van der Waals surface area contributed by atoms with Crippen molar-refractivity contribution >= 4 is 5.91 Å². The molecule has 2 atom stereocenters. The van der Waals surface area contributed by atoms with Crippen molar-refractivity contribution in [3.63, 3.8) is 0 Å². The molecule has 5 nitrogen and oxygen atoms in total. The van der Waals surface area contributed by atoms with Crippen molar-refractivity contribution in [2.24, 2.45) is 11.5 Å². The van der Waals surface area contributed by atoms with Crippen LogP contribution in [0.2, 0.25) is 0 Å². The van der Waals surface area contributed by atoms with E-state index in [0.717, 1.165) is 23.5 Å². The molecule has 5 heteroatoms. The second-order valence-electron chi connectivity index (χ2n) is 5.75. The molecule has 0 radical (unpaired) electrons. The lowest BCUT2D eigenvalue weighted by molar-refractivity contribution is -0.123. The highest BCUT2D eigenvalue weighted by atomic mass is 16.5. The van der Waals surface area contributed by atoms with Crippen LogP contribution in [0.1, 0.15) is 31.4 Å². The van der Waals surface area contributed by atoms with Crippen LogP contribution in [0.15, 0.2) is 54.6 Å². The van der Waals surface area contributed by atoms with Gasteiger partial charge in [-0.05, 0) is 56.1 Å². The molecule has 0 aliphatic rings. The smallest absolute Gasteiger partial charge is 0.237 e. The number of nitrogens with two attached hydrogens (primary N) is 2. The summed E-state index contributed by atoms with van der Waals surface area (Å²) in [5, 5.41) is 2.93. The Balaban J connectivity index is 1.91. The number of ether oxygens (including phenoxy) is 1. The predicted molar refractivity (Wildman–Crippen MR) is 95.8 cm³/mol. The van der Waals surface area contributed by atoms with Gasteiger partial charge in [-0.2, -0.15) is 0 Å². The molecule has 0 bridgehead atoms. The van der Waals surface area contributed by atoms with E-state index >= 15 is 0 Å². The van der Waals surface area contributed by atoms with Crippen molar-refractivity contribution in [1.29, 1.82) is 0 Å². The number of para-hydroxylation sites is 1. The maximum absolute atomic E-state index is 12.0. The minimum atomic E-state index is -0.517. The Kier molecular flexibility index (Phi) is 6.78. The monoisotopic (exact) mass is 327 g/mol. The number of carbonyl (C=O) groups excluding carboxylic acids is 1. The van der Waals surface area contributed by atoms with Crippen LogP contribution >= 0.6 is 0 Å². The van der Waals surface area contributed by atoms with Crippen molar-refractivity contribution in [1.82, 2.24) is 5.32 Å². The van der Waals surface area contributed by atoms with E-state index in [9.17, 15) is 4.79 Å². The van der Waals surface area contributed by atoms with Gasteiger partial charge in [0.15, 0.2) is 0 Å². The molecule has 0 aliphatic heterocycles. The number of nitrogens with one attached hydrogen (secondary N) is 1. The van der Waals surface area contributed by atoms with E-state index in [1.807, 2.05) is 61.5 Å². The first-order chi connectivity index (χ1) is 11.6. The summed E-state index contributed by atoms with van der Waals surface area (Å²) in [5.74, 6) is 1.39. The molecule has 2 rings (SSSR count). The molecule has 24 heavy (non-hydrogen) atoms. The van der Waals surface area contributed by atoms with Gasteiger partial charge in [0, 0.05) is 0 Å². The number of hydrogen-bond donors (Lipinski definition) is 3. The van der Waals surface area contributed by atoms with Gasteiger partial charge < -0.3 is 21.5 Å². The van der Waals surface area contributed by atoms with Gasteiger partial charge in [0.1, 0.15) is 11.5 Å². The first-order valence-corrected chi connectivity index (χ1v) is 8.19. The minimum Gasteiger partial charge on any atom is -0.457 e. The number of benzene rings is 2. The summed E-state index contributed by atoms with van der Waals surface area (Å²) >= 11 is 0. The van der Waals surface area contributed by atoms with E-state index in [1.165, 1.54) is 0 Å². The van der Waals surface area contributed by atoms with E-state index < -0.39 is 6.04 Å². The molecule has 1 unspecified atom stereocenters. The lowest BCUT2D eigenvalue weighted by Gasteiger charge is -2.18. The predicted octanol–water partition coefficient (Wildman–Crippen LogP) is 2.72. The van der Waals surface area contributed by atoms with Crippen LogP contribution in [0.4, 0.5) is 0 Å². The van der Waals surface area contributed by atoms with Crippen LogP contribution in [0, 0.1) is 0 Å². The van der Waals surface area contributed by atoms with E-state index in [4.69, 9.17) is 16.2 Å². The molecule has 2 aromatic carbocycles. The number of carbonyl (C=O) groups is 1. The molecule has 0 aromatic heterocycles. The van der Waals surface area contributed by atoms with E-state index in [-0.39, 0.29) is 11.9 Å². The largest absolute Gasteiger partial charge is 0.457 e. The first-order valence-electron chi connectivity index (χ1n) is 8.19. The molecule has 0 aliphatic carbocycles. The highest BCUT2D eigenvalue weighted by Crippen LogP contribution is 2.23. The molecule has 0 saturated heterocycles. The van der Waals surface area contributed by atoms with Crippen molar-refractivity contribution < 1.29 is 9.53 Å². The Bertz CT molecular complexity index is 629. The summed E-state index contributed by atoms with van der Waals surface area (Å²) in [5.41, 5.74) is 12.3. The fraction of sp³-hybridized carbons (Fsp3) is 0.316. The molecule has 0 fully saturated rings. The lowest BCUT2D eigenvalue weighted by Crippen LogP contribution is -2.41. The Morgan fingerprint density at radius 1 is 1.08 bits per heavy atom. The third-order valence-electron chi connectivity index (χ3n) is 3.77. The molecule has 0 spiro atoms. The van der Waals surface area contributed by atoms with Crippen LogP contribution < -0.4 is 21.5 Å². The average Bonchev–Trinajstić information content (AvgIpc) is 2.61. The fourth-order valence-electron chi connectivity index (χ4n) is 2.32. The lowest BCUT2D eigenvalue weighted by atomic mass is 10.1. The molecule has 5 N–H and O–H groups in total. The molecular weight excluding hydrogens is 302 g/mol. The van der Waals surface area contributed by atoms with Gasteiger partial charge in [0.25, 0.3) is 0 Å². The quantitative estimate of drug-likeness (QED) is 0.695. The Labute approximate surface area is 143 Å². The van der Waals surface area contributed by atoms with Crippen LogP contribution in [0.25, 0.3) is 0 Å². The third-order valence-corrected chi connectivity index (χ3v) is 3.77. The van der Waals surface area contributed by atoms with Crippen LogP contribution in [0.5, 0.6) is 11.5 Å². The zero-order chi connectivity index (χ0) is 17.4. The van der Waals surface area contributed by atoms with Gasteiger partial charge in [-0.25, -0.2) is 0 Å². The van der Waals surface area contributed by atoms with Crippen LogP contribution in [-0.2, 0) is 4.79 Å². The summed E-state index contributed by atoms with van der Waals surface area (Å²) in [4.78, 5) is 12.0. The second-order valence-corrected chi connectivity index (χ2v) is 5.75. The minimum absolute atomic E-state index is 0.118. The first kappa shape index (κ1) is 18.0. The van der Waals surface area contributed by atoms with Crippen molar-refractivity contribution in [3.8, 4) is 11.5 Å². The van der Waals surface area contributed by atoms with Crippen molar-refractivity contribution in [2.75, 3.05) is 6.54 Å². The number of hydrogen-bond acceptors (Lipinski definition) is 4. The molecule has 128 valence electrons. The highest BCUT2D eigenvalue weighted by Gasteiger charge is 2.16. The fourth-order valence-corrected chi connectivity index (χ4v) is 2.32. The summed E-state index contributed by atoms with van der Waals surface area (Å²) in [6.07, 6.45) is 1.34. The van der Waals surface area contributed by atoms with Gasteiger partial charge in [-0.3, -0.25) is 4.79 Å². The zero-order valence-corrected chi connectivity index (χ0v) is 13.9. The molecular formula is C19H25N3O2. The van der Waals surface area contributed by atoms with E-state index in [2.05, 4.69) is 5.32 Å². The SMILES string of the molecule is CC(NC(=O)[C@H](N)CCCN)c1ccc(Oc2ccccc2)cc1.